The molecule has 1 aromatic carbocycles. The van der Waals surface area contributed by atoms with Crippen LogP contribution in [0.5, 0.6) is 0 Å². The first-order valence-electron chi connectivity index (χ1n) is 11.7. The number of carboxylic acids is 1. The Morgan fingerprint density at radius 2 is 1.98 bits per heavy atom. The number of nitrogens with zero attached hydrogens (tertiary/aromatic N) is 3. The summed E-state index contributed by atoms with van der Waals surface area (Å²) in [6.07, 6.45) is 0.695. The number of β-lactam (4-membered cyclic amide) rings is 1. The van der Waals surface area contributed by atoms with E-state index in [1.165, 1.54) is 17.1 Å². The first-order valence-corrected chi connectivity index (χ1v) is 13.6. The van der Waals surface area contributed by atoms with Crippen LogP contribution < -0.4 is 51.7 Å². The zero-order valence-electron chi connectivity index (χ0n) is 22.2. The first kappa shape index (κ1) is 29.6. The van der Waals surface area contributed by atoms with Crippen LogP contribution in [-0.4, -0.2) is 73.3 Å². The summed E-state index contributed by atoms with van der Waals surface area (Å²) >= 11 is 2.31. The maximum atomic E-state index is 13.2. The van der Waals surface area contributed by atoms with Crippen molar-refractivity contribution in [2.24, 2.45) is 5.16 Å². The number of benzene rings is 1. The summed E-state index contributed by atoms with van der Waals surface area (Å²) < 4.78 is 0. The summed E-state index contributed by atoms with van der Waals surface area (Å²) in [5.41, 5.74) is 13.6. The van der Waals surface area contributed by atoms with Crippen molar-refractivity contribution in [3.05, 3.63) is 63.3 Å². The molecule has 16 heteroatoms. The Bertz CT molecular complexity index is 1490. The fourth-order valence-electron chi connectivity index (χ4n) is 4.71. The van der Waals surface area contributed by atoms with Crippen LogP contribution in [-0.2, 0) is 25.6 Å². The quantitative estimate of drug-likeness (QED) is 0.0375. The average Bonchev–Trinajstić information content (AvgIpc) is 3.54. The number of allylic oxidation sites excluding steroid dienone is 1. The maximum absolute atomic E-state index is 13.2. The number of oxime groups is 1. The molecule has 5 rings (SSSR count). The molecule has 0 bridgehead atoms. The van der Waals surface area contributed by atoms with Gasteiger partial charge in [0.2, 0.25) is 5.91 Å². The van der Waals surface area contributed by atoms with Crippen molar-refractivity contribution in [1.29, 1.82) is 0 Å². The van der Waals surface area contributed by atoms with Crippen molar-refractivity contribution in [2.75, 3.05) is 23.8 Å². The Hall–Kier alpha value is -3.37. The minimum Gasteiger partial charge on any atom is -1.00 e. The number of nitrogens with two attached hydrogens (primary N) is 2. The van der Waals surface area contributed by atoms with Gasteiger partial charge in [-0.2, -0.15) is 0 Å². The van der Waals surface area contributed by atoms with Crippen molar-refractivity contribution < 1.29 is 60.5 Å². The van der Waals surface area contributed by atoms with Gasteiger partial charge in [0.25, 0.3) is 11.8 Å². The molecular weight excluding hydrogens is 569 g/mol. The van der Waals surface area contributed by atoms with Gasteiger partial charge >= 0.3 is 35.5 Å². The summed E-state index contributed by atoms with van der Waals surface area (Å²) in [5.74, 6) is -2.91. The fourth-order valence-corrected chi connectivity index (χ4v) is 6.64. The Labute approximate surface area is 259 Å². The molecule has 2 saturated heterocycles. The molecule has 2 aromatic rings. The van der Waals surface area contributed by atoms with E-state index in [-0.39, 0.29) is 65.6 Å². The molecular formula is C24H24N7NaO6S2. The number of anilines is 2. The fraction of sp³-hybridized carbons (Fsp3) is 0.250. The second-order valence-electron chi connectivity index (χ2n) is 8.89. The number of fused-ring (bicyclic) bond motifs is 1. The van der Waals surface area contributed by atoms with E-state index >= 15 is 0 Å². The summed E-state index contributed by atoms with van der Waals surface area (Å²) in [7, 11) is 0. The Morgan fingerprint density at radius 3 is 2.55 bits per heavy atom. The molecule has 3 aliphatic heterocycles. The van der Waals surface area contributed by atoms with Gasteiger partial charge in [0.1, 0.15) is 22.8 Å². The average molecular weight is 594 g/mol. The van der Waals surface area contributed by atoms with Gasteiger partial charge in [0, 0.05) is 28.9 Å². The number of carbonyl (C=O) groups is 4. The van der Waals surface area contributed by atoms with Crippen LogP contribution in [0.1, 0.15) is 19.1 Å². The number of thiazole rings is 1. The van der Waals surface area contributed by atoms with Crippen molar-refractivity contribution >= 4 is 63.3 Å². The molecule has 0 spiro atoms. The molecule has 2 atom stereocenters. The number of amides is 3. The number of carbonyl (C=O) groups excluding carboxylic acids is 3. The van der Waals surface area contributed by atoms with E-state index in [9.17, 15) is 29.5 Å². The Kier molecular flexibility index (Phi) is 8.90. The largest absolute Gasteiger partial charge is 1.00 e. The second kappa shape index (κ2) is 12.0. The second-order valence-corrected chi connectivity index (χ2v) is 10.9. The number of nitrogens with one attached hydrogen (secondary N) is 2. The Balaban J connectivity index is 0.00000231. The smallest absolute Gasteiger partial charge is 1.00 e. The predicted octanol–water partition coefficient (Wildman–Crippen LogP) is -2.60. The molecule has 0 unspecified atom stereocenters. The van der Waals surface area contributed by atoms with Crippen LogP contribution in [0.3, 0.4) is 0 Å². The molecule has 0 aliphatic carbocycles. The van der Waals surface area contributed by atoms with Gasteiger partial charge in [-0.1, -0.05) is 17.3 Å². The SMILES string of the molecule is Nc1ccc(CC(=C2CCNC2=O)C2=C(C(=O)O)N3C(=O)[C@@H](NC(=O)C(=NO)c4csc(N)n4)[C@H]3SC2)cc1.[H-].[Na+]. The van der Waals surface area contributed by atoms with Gasteiger partial charge in [0.05, 0.1) is 0 Å². The number of aliphatic carboxylic acids is 1. The zero-order chi connectivity index (χ0) is 27.8. The van der Waals surface area contributed by atoms with Crippen LogP contribution in [0, 0.1) is 0 Å². The van der Waals surface area contributed by atoms with E-state index in [0.29, 0.717) is 35.4 Å². The summed E-state index contributed by atoms with van der Waals surface area (Å²) in [5, 5.41) is 28.7. The molecule has 0 radical (unpaired) electrons. The maximum Gasteiger partial charge on any atom is 1.00 e. The number of hydrogen-bond donors (Lipinski definition) is 6. The monoisotopic (exact) mass is 593 g/mol. The van der Waals surface area contributed by atoms with Crippen LogP contribution in [0.2, 0.25) is 0 Å². The van der Waals surface area contributed by atoms with Crippen molar-refractivity contribution in [3.8, 4) is 0 Å². The predicted molar refractivity (Wildman–Crippen MR) is 145 cm³/mol. The number of thioether (sulfide) groups is 1. The van der Waals surface area contributed by atoms with Gasteiger partial charge in [-0.25, -0.2) is 9.78 Å². The van der Waals surface area contributed by atoms with Crippen LogP contribution in [0.15, 0.2) is 57.2 Å². The molecule has 4 heterocycles. The topological polar surface area (TPSA) is 213 Å². The number of rotatable bonds is 7. The first-order chi connectivity index (χ1) is 18.7. The van der Waals surface area contributed by atoms with Crippen LogP contribution in [0.25, 0.3) is 0 Å². The third kappa shape index (κ3) is 5.47. The zero-order valence-corrected chi connectivity index (χ0v) is 24.8. The number of hydrogen-bond acceptors (Lipinski definition) is 11. The van der Waals surface area contributed by atoms with E-state index in [2.05, 4.69) is 20.8 Å². The number of carboxylic acid groups (broad SMARTS) is 1. The van der Waals surface area contributed by atoms with Crippen LogP contribution >= 0.6 is 23.1 Å². The molecule has 3 amide bonds. The molecule has 8 N–H and O–H groups in total. The van der Waals surface area contributed by atoms with Gasteiger partial charge in [0.15, 0.2) is 10.8 Å². The minimum atomic E-state index is -1.32. The number of nitrogen functional groups attached to an aromatic ring is 2. The van der Waals surface area contributed by atoms with E-state index < -0.39 is 34.9 Å². The van der Waals surface area contributed by atoms with Crippen LogP contribution in [0.4, 0.5) is 10.8 Å². The van der Waals surface area contributed by atoms with Crippen molar-refractivity contribution in [2.45, 2.75) is 24.3 Å². The van der Waals surface area contributed by atoms with E-state index in [1.54, 1.807) is 24.3 Å². The van der Waals surface area contributed by atoms with Gasteiger partial charge < -0.3 is 33.8 Å². The van der Waals surface area contributed by atoms with E-state index in [4.69, 9.17) is 11.5 Å². The van der Waals surface area contributed by atoms with E-state index in [0.717, 1.165) is 21.8 Å². The molecule has 3 aliphatic rings. The van der Waals surface area contributed by atoms with Crippen molar-refractivity contribution in [3.63, 3.8) is 0 Å². The molecule has 2 fully saturated rings. The third-order valence-electron chi connectivity index (χ3n) is 6.56. The molecule has 0 saturated carbocycles. The summed E-state index contributed by atoms with van der Waals surface area (Å²) in [6, 6.07) is 5.99. The van der Waals surface area contributed by atoms with E-state index in [1.807, 2.05) is 0 Å². The third-order valence-corrected chi connectivity index (χ3v) is 8.51. The molecule has 40 heavy (non-hydrogen) atoms. The summed E-state index contributed by atoms with van der Waals surface area (Å²) in [6.45, 7) is 0.432. The van der Waals surface area contributed by atoms with Gasteiger partial charge in [-0.05, 0) is 41.7 Å². The molecule has 1 aromatic heterocycles. The Morgan fingerprint density at radius 1 is 1.25 bits per heavy atom. The normalized spacial score (nSPS) is 21.7. The minimum absolute atomic E-state index is 0. The molecule has 204 valence electrons. The number of aromatic nitrogens is 1. The summed E-state index contributed by atoms with van der Waals surface area (Å²) in [4.78, 5) is 56.2. The van der Waals surface area contributed by atoms with Gasteiger partial charge in [-0.15, -0.1) is 23.1 Å². The standard InChI is InChI=1S/C24H23N7O6S2.Na.H/c25-11-3-1-10(2-4-11)7-13(12-5-6-27-19(12)32)14-8-38-22-17(21(34)31(22)18(14)23(35)36)29-20(33)16(30-37)15-9-39-24(26)28-15;;/h1-4,9,17,22,37H,5-8,25H2,(H2,26,28)(H,27,32)(H,29,33)(H,35,36);;/q;+1;-1/t17-,22-;;/m1../s1. The van der Waals surface area contributed by atoms with Gasteiger partial charge in [-0.3, -0.25) is 19.3 Å². The van der Waals surface area contributed by atoms with Crippen molar-refractivity contribution in [1.82, 2.24) is 20.5 Å². The molecule has 13 nitrogen and oxygen atoms in total.